The first-order chi connectivity index (χ1) is 7.54. The number of hydrogen-bond donors (Lipinski definition) is 1. The lowest BCUT2D eigenvalue weighted by Crippen LogP contribution is -2.20. The van der Waals surface area contributed by atoms with E-state index in [-0.39, 0.29) is 5.60 Å². The molecular formula is C13H21NO2. The molecule has 0 spiro atoms. The highest BCUT2D eigenvalue weighted by molar-refractivity contribution is 5.16. The summed E-state index contributed by atoms with van der Waals surface area (Å²) >= 11 is 0. The minimum Gasteiger partial charge on any atom is -0.467 e. The van der Waals surface area contributed by atoms with E-state index in [9.17, 15) is 0 Å². The van der Waals surface area contributed by atoms with Crippen LogP contribution in [-0.2, 0) is 17.9 Å². The van der Waals surface area contributed by atoms with E-state index >= 15 is 0 Å². The fourth-order valence-electron chi connectivity index (χ4n) is 1.47. The lowest BCUT2D eigenvalue weighted by atomic mass is 10.2. The molecule has 0 saturated heterocycles. The molecule has 0 amide bonds. The Bertz CT molecular complexity index is 334. The Morgan fingerprint density at radius 1 is 1.44 bits per heavy atom. The van der Waals surface area contributed by atoms with Crippen molar-refractivity contribution in [3.8, 4) is 0 Å². The maximum absolute atomic E-state index is 5.72. The first-order valence-corrected chi connectivity index (χ1v) is 5.97. The number of hydrogen-bond acceptors (Lipinski definition) is 3. The normalized spacial score (nSPS) is 16.7. The number of furan rings is 1. The van der Waals surface area contributed by atoms with Crippen molar-refractivity contribution in [2.75, 3.05) is 0 Å². The molecule has 0 unspecified atom stereocenters. The summed E-state index contributed by atoms with van der Waals surface area (Å²) in [5.41, 5.74) is 1.10. The zero-order chi connectivity index (χ0) is 11.6. The molecule has 3 heteroatoms. The SMILES string of the molecule is CC(C)(C)OCc1occc1CNC1CC1. The molecule has 0 aliphatic heterocycles. The van der Waals surface area contributed by atoms with Crippen molar-refractivity contribution in [3.63, 3.8) is 0 Å². The molecule has 90 valence electrons. The Labute approximate surface area is 97.2 Å². The summed E-state index contributed by atoms with van der Waals surface area (Å²) < 4.78 is 11.2. The number of rotatable bonds is 5. The predicted octanol–water partition coefficient (Wildman–Crippen LogP) is 2.85. The molecule has 1 aliphatic rings. The van der Waals surface area contributed by atoms with Gasteiger partial charge in [-0.15, -0.1) is 0 Å². The molecule has 1 heterocycles. The highest BCUT2D eigenvalue weighted by atomic mass is 16.5. The van der Waals surface area contributed by atoms with Gasteiger partial charge in [0.1, 0.15) is 12.4 Å². The van der Waals surface area contributed by atoms with Crippen LogP contribution >= 0.6 is 0 Å². The standard InChI is InChI=1S/C13H21NO2/c1-13(2,3)16-9-12-10(6-7-15-12)8-14-11-4-5-11/h6-7,11,14H,4-5,8-9H2,1-3H3. The van der Waals surface area contributed by atoms with Gasteiger partial charge in [-0.1, -0.05) is 0 Å². The van der Waals surface area contributed by atoms with Gasteiger partial charge in [0, 0.05) is 18.2 Å². The Kier molecular flexibility index (Phi) is 3.36. The van der Waals surface area contributed by atoms with Crippen LogP contribution in [0.5, 0.6) is 0 Å². The third kappa shape index (κ3) is 3.65. The van der Waals surface area contributed by atoms with Crippen LogP contribution in [0.25, 0.3) is 0 Å². The van der Waals surface area contributed by atoms with Crippen LogP contribution in [0.2, 0.25) is 0 Å². The molecule has 0 aromatic carbocycles. The summed E-state index contributed by atoms with van der Waals surface area (Å²) in [5, 5.41) is 3.48. The number of nitrogens with one attached hydrogen (secondary N) is 1. The van der Waals surface area contributed by atoms with E-state index in [1.807, 2.05) is 6.07 Å². The molecule has 1 aromatic heterocycles. The van der Waals surface area contributed by atoms with Crippen molar-refractivity contribution in [2.24, 2.45) is 0 Å². The summed E-state index contributed by atoms with van der Waals surface area (Å²) in [6.07, 6.45) is 4.36. The molecule has 1 fully saturated rings. The van der Waals surface area contributed by atoms with E-state index in [4.69, 9.17) is 9.15 Å². The highest BCUT2D eigenvalue weighted by Gasteiger charge is 2.21. The van der Waals surface area contributed by atoms with Gasteiger partial charge in [0.2, 0.25) is 0 Å². The lowest BCUT2D eigenvalue weighted by molar-refractivity contribution is -0.0228. The monoisotopic (exact) mass is 223 g/mol. The van der Waals surface area contributed by atoms with Gasteiger partial charge in [-0.3, -0.25) is 0 Å². The summed E-state index contributed by atoms with van der Waals surface area (Å²) in [5.74, 6) is 0.947. The van der Waals surface area contributed by atoms with Crippen molar-refractivity contribution in [3.05, 3.63) is 23.7 Å². The molecule has 1 saturated carbocycles. The molecule has 1 aliphatic carbocycles. The van der Waals surface area contributed by atoms with Crippen molar-refractivity contribution < 1.29 is 9.15 Å². The first kappa shape index (κ1) is 11.7. The van der Waals surface area contributed by atoms with Gasteiger partial charge >= 0.3 is 0 Å². The van der Waals surface area contributed by atoms with Crippen molar-refractivity contribution >= 4 is 0 Å². The van der Waals surface area contributed by atoms with Crippen LogP contribution in [-0.4, -0.2) is 11.6 Å². The smallest absolute Gasteiger partial charge is 0.133 e. The second-order valence-electron chi connectivity index (χ2n) is 5.43. The zero-order valence-electron chi connectivity index (χ0n) is 10.4. The summed E-state index contributed by atoms with van der Waals surface area (Å²) in [4.78, 5) is 0. The summed E-state index contributed by atoms with van der Waals surface area (Å²) in [6.45, 7) is 7.61. The molecule has 0 radical (unpaired) electrons. The van der Waals surface area contributed by atoms with Crippen molar-refractivity contribution in [1.29, 1.82) is 0 Å². The lowest BCUT2D eigenvalue weighted by Gasteiger charge is -2.19. The van der Waals surface area contributed by atoms with E-state index < -0.39 is 0 Å². The van der Waals surface area contributed by atoms with E-state index in [2.05, 4.69) is 26.1 Å². The van der Waals surface area contributed by atoms with E-state index in [1.54, 1.807) is 6.26 Å². The maximum Gasteiger partial charge on any atom is 0.133 e. The van der Waals surface area contributed by atoms with E-state index in [1.165, 1.54) is 18.4 Å². The molecule has 0 bridgehead atoms. The highest BCUT2D eigenvalue weighted by Crippen LogP contribution is 2.21. The minimum absolute atomic E-state index is 0.117. The molecule has 0 atom stereocenters. The fraction of sp³-hybridized carbons (Fsp3) is 0.692. The second-order valence-corrected chi connectivity index (χ2v) is 5.43. The van der Waals surface area contributed by atoms with Crippen molar-refractivity contribution in [2.45, 2.75) is 58.4 Å². The Hall–Kier alpha value is -0.800. The van der Waals surface area contributed by atoms with Gasteiger partial charge < -0.3 is 14.5 Å². The molecule has 16 heavy (non-hydrogen) atoms. The van der Waals surface area contributed by atoms with Crippen LogP contribution in [0.15, 0.2) is 16.7 Å². The Morgan fingerprint density at radius 3 is 2.81 bits per heavy atom. The maximum atomic E-state index is 5.72. The third-order valence-electron chi connectivity index (χ3n) is 2.63. The average Bonchev–Trinajstić information content (AvgIpc) is 2.90. The van der Waals surface area contributed by atoms with Crippen LogP contribution in [0.3, 0.4) is 0 Å². The second kappa shape index (κ2) is 4.60. The van der Waals surface area contributed by atoms with Crippen molar-refractivity contribution in [1.82, 2.24) is 5.32 Å². The Balaban J connectivity index is 1.85. The van der Waals surface area contributed by atoms with Gasteiger partial charge in [-0.05, 0) is 39.7 Å². The van der Waals surface area contributed by atoms with Crippen LogP contribution in [0.1, 0.15) is 44.9 Å². The van der Waals surface area contributed by atoms with Gasteiger partial charge in [-0.2, -0.15) is 0 Å². The number of ether oxygens (including phenoxy) is 1. The largest absolute Gasteiger partial charge is 0.467 e. The Morgan fingerprint density at radius 2 is 2.19 bits per heavy atom. The topological polar surface area (TPSA) is 34.4 Å². The molecule has 1 aromatic rings. The van der Waals surface area contributed by atoms with Gasteiger partial charge in [0.25, 0.3) is 0 Å². The molecule has 2 rings (SSSR count). The van der Waals surface area contributed by atoms with Gasteiger partial charge in [-0.25, -0.2) is 0 Å². The van der Waals surface area contributed by atoms with E-state index in [0.29, 0.717) is 6.61 Å². The summed E-state index contributed by atoms with van der Waals surface area (Å²) in [6, 6.07) is 2.75. The first-order valence-electron chi connectivity index (χ1n) is 5.97. The third-order valence-corrected chi connectivity index (χ3v) is 2.63. The predicted molar refractivity (Wildman–Crippen MR) is 63.1 cm³/mol. The fourth-order valence-corrected chi connectivity index (χ4v) is 1.47. The van der Waals surface area contributed by atoms with Crippen LogP contribution in [0, 0.1) is 0 Å². The average molecular weight is 223 g/mol. The quantitative estimate of drug-likeness (QED) is 0.833. The van der Waals surface area contributed by atoms with Gasteiger partial charge in [0.15, 0.2) is 0 Å². The van der Waals surface area contributed by atoms with E-state index in [0.717, 1.165) is 18.3 Å². The van der Waals surface area contributed by atoms with Crippen LogP contribution < -0.4 is 5.32 Å². The molecule has 1 N–H and O–H groups in total. The molecular weight excluding hydrogens is 202 g/mol. The summed E-state index contributed by atoms with van der Waals surface area (Å²) in [7, 11) is 0. The zero-order valence-corrected chi connectivity index (χ0v) is 10.4. The van der Waals surface area contributed by atoms with Crippen LogP contribution in [0.4, 0.5) is 0 Å². The van der Waals surface area contributed by atoms with Gasteiger partial charge in [0.05, 0.1) is 11.9 Å². The minimum atomic E-state index is -0.117. The molecule has 3 nitrogen and oxygen atoms in total.